The van der Waals surface area contributed by atoms with E-state index in [-0.39, 0.29) is 11.4 Å². The minimum Gasteiger partial charge on any atom is -0.594 e. The molecule has 0 aliphatic carbocycles. The number of aromatic nitrogens is 2. The Morgan fingerprint density at radius 2 is 1.17 bits per heavy atom. The summed E-state index contributed by atoms with van der Waals surface area (Å²) in [6.07, 6.45) is 6.53. The van der Waals surface area contributed by atoms with E-state index in [0.29, 0.717) is 21.8 Å². The van der Waals surface area contributed by atoms with Gasteiger partial charge in [0.15, 0.2) is 0 Å². The van der Waals surface area contributed by atoms with E-state index in [2.05, 4.69) is 5.10 Å². The van der Waals surface area contributed by atoms with Gasteiger partial charge in [-0.25, -0.2) is 0 Å². The van der Waals surface area contributed by atoms with E-state index in [0.717, 1.165) is 5.56 Å². The summed E-state index contributed by atoms with van der Waals surface area (Å²) in [5, 5.41) is 37.3. The van der Waals surface area contributed by atoms with Gasteiger partial charge in [-0.05, 0) is 53.6 Å². The van der Waals surface area contributed by atoms with Gasteiger partial charge in [-0.15, -0.1) is 0 Å². The van der Waals surface area contributed by atoms with Gasteiger partial charge in [0, 0.05) is 41.5 Å². The lowest BCUT2D eigenvalue weighted by atomic mass is 10.1. The third kappa shape index (κ3) is 5.07. The molecule has 2 aromatic carbocycles. The number of nitrogens with zero attached hydrogens (tertiary/aromatic N) is 4. The summed E-state index contributed by atoms with van der Waals surface area (Å²) in [5.74, 6) is 0. The van der Waals surface area contributed by atoms with Gasteiger partial charge in [0.05, 0.1) is 9.85 Å². The van der Waals surface area contributed by atoms with E-state index in [4.69, 9.17) is 0 Å². The van der Waals surface area contributed by atoms with Crippen molar-refractivity contribution < 1.29 is 14.7 Å². The third-order valence-corrected chi connectivity index (χ3v) is 3.95. The molecule has 9 heteroatoms. The number of hydrogen-bond donors (Lipinski definition) is 0. The minimum atomic E-state index is -0.480. The van der Waals surface area contributed by atoms with E-state index in [9.17, 15) is 25.4 Å². The second kappa shape index (κ2) is 8.53. The van der Waals surface area contributed by atoms with Gasteiger partial charge in [-0.1, -0.05) is 10.9 Å². The number of benzene rings is 2. The molecule has 3 rings (SSSR count). The van der Waals surface area contributed by atoms with Crippen LogP contribution in [0.3, 0.4) is 0 Å². The first-order chi connectivity index (χ1) is 13.9. The topological polar surface area (TPSA) is 126 Å². The molecule has 0 fully saturated rings. The minimum absolute atomic E-state index is 0.00170. The highest BCUT2D eigenvalue weighted by molar-refractivity contribution is 5.70. The molecule has 0 saturated carbocycles. The summed E-state index contributed by atoms with van der Waals surface area (Å²) in [4.78, 5) is 20.8. The van der Waals surface area contributed by atoms with Gasteiger partial charge in [0.25, 0.3) is 11.4 Å². The lowest BCUT2D eigenvalue weighted by Gasteiger charge is -1.99. The molecule has 0 atom stereocenters. The molecule has 9 nitrogen and oxygen atoms in total. The van der Waals surface area contributed by atoms with Crippen LogP contribution in [0, 0.1) is 25.4 Å². The molecule has 3 aromatic rings. The van der Waals surface area contributed by atoms with Gasteiger partial charge in [-0.2, -0.15) is 0 Å². The highest BCUT2D eigenvalue weighted by Gasteiger charge is 2.06. The zero-order valence-corrected chi connectivity index (χ0v) is 14.9. The molecule has 0 saturated heterocycles. The first-order valence-electron chi connectivity index (χ1n) is 8.38. The molecule has 0 bridgehead atoms. The summed E-state index contributed by atoms with van der Waals surface area (Å²) in [5.41, 5.74) is 2.16. The molecule has 29 heavy (non-hydrogen) atoms. The van der Waals surface area contributed by atoms with Crippen LogP contribution in [0.4, 0.5) is 11.4 Å². The maximum absolute atomic E-state index is 12.1. The van der Waals surface area contributed by atoms with Crippen molar-refractivity contribution in [2.24, 2.45) is 0 Å². The Labute approximate surface area is 164 Å². The van der Waals surface area contributed by atoms with Crippen molar-refractivity contribution >= 4 is 35.7 Å². The monoisotopic (exact) mass is 390 g/mol. The Bertz CT molecular complexity index is 1110. The second-order valence-corrected chi connectivity index (χ2v) is 5.92. The Morgan fingerprint density at radius 1 is 0.690 bits per heavy atom. The molecule has 1 aromatic heterocycles. The van der Waals surface area contributed by atoms with Gasteiger partial charge in [0.1, 0.15) is 5.69 Å². The summed E-state index contributed by atoms with van der Waals surface area (Å²) < 4.78 is 0. The van der Waals surface area contributed by atoms with Crippen molar-refractivity contribution in [3.05, 3.63) is 109 Å². The Balaban J connectivity index is 1.70. The van der Waals surface area contributed by atoms with Crippen molar-refractivity contribution in [1.29, 1.82) is 0 Å². The number of hydrogen-bond acceptors (Lipinski definition) is 6. The predicted octanol–water partition coefficient (Wildman–Crippen LogP) is 3.87. The maximum Gasteiger partial charge on any atom is 0.269 e. The average Bonchev–Trinajstić information content (AvgIpc) is 2.72. The highest BCUT2D eigenvalue weighted by atomic mass is 16.6. The zero-order chi connectivity index (χ0) is 20.8. The molecule has 0 aliphatic rings. The molecule has 0 amide bonds. The molecule has 0 N–H and O–H groups in total. The number of nitro benzene ring substituents is 2. The molecule has 0 aliphatic heterocycles. The molecule has 0 radical (unpaired) electrons. The molecule has 1 heterocycles. The van der Waals surface area contributed by atoms with Crippen LogP contribution >= 0.6 is 0 Å². The van der Waals surface area contributed by atoms with Crippen molar-refractivity contribution in [2.45, 2.75) is 0 Å². The summed E-state index contributed by atoms with van der Waals surface area (Å²) >= 11 is 0. The standard InChI is InChI=1S/C20H14N4O5/c25-22-18(9-2-16-5-12-20(13-6-16)24(28)29)14-8-17(21-22)7-1-15-3-10-19(11-4-15)23(26)27/h1-14H/b7-1+,9-2+. The van der Waals surface area contributed by atoms with E-state index < -0.39 is 9.85 Å². The fraction of sp³-hybridized carbons (Fsp3) is 0. The Kier molecular flexibility index (Phi) is 5.69. The molecular weight excluding hydrogens is 376 g/mol. The molecule has 0 unspecified atom stereocenters. The van der Waals surface area contributed by atoms with Crippen molar-refractivity contribution in [3.8, 4) is 0 Å². The fourth-order valence-electron chi connectivity index (χ4n) is 2.42. The van der Waals surface area contributed by atoms with Gasteiger partial charge >= 0.3 is 0 Å². The molecule has 144 valence electrons. The van der Waals surface area contributed by atoms with Crippen LogP contribution in [0.15, 0.2) is 60.7 Å². The SMILES string of the molecule is O=[N+]([O-])c1ccc(/C=C/c2ccc(/C=C/c3ccc([N+](=O)[O-])cc3)[n+]([O-])n2)cc1. The highest BCUT2D eigenvalue weighted by Crippen LogP contribution is 2.15. The number of nitro groups is 2. The van der Waals surface area contributed by atoms with Crippen LogP contribution in [0.25, 0.3) is 24.3 Å². The van der Waals surface area contributed by atoms with E-state index in [1.54, 1.807) is 60.7 Å². The van der Waals surface area contributed by atoms with Crippen LogP contribution in [0.1, 0.15) is 22.5 Å². The normalized spacial score (nSPS) is 11.2. The first-order valence-corrected chi connectivity index (χ1v) is 8.38. The third-order valence-electron chi connectivity index (χ3n) is 3.95. The van der Waals surface area contributed by atoms with E-state index in [1.807, 2.05) is 0 Å². The van der Waals surface area contributed by atoms with Gasteiger partial charge in [0.2, 0.25) is 5.69 Å². The number of rotatable bonds is 6. The summed E-state index contributed by atoms with van der Waals surface area (Å²) in [6.45, 7) is 0. The lowest BCUT2D eigenvalue weighted by Crippen LogP contribution is -2.34. The van der Waals surface area contributed by atoms with E-state index in [1.165, 1.54) is 24.3 Å². The van der Waals surface area contributed by atoms with Crippen molar-refractivity contribution in [3.63, 3.8) is 0 Å². The van der Waals surface area contributed by atoms with Gasteiger partial charge in [-0.3, -0.25) is 20.2 Å². The number of non-ortho nitro benzene ring substituents is 2. The largest absolute Gasteiger partial charge is 0.594 e. The summed E-state index contributed by atoms with van der Waals surface area (Å²) in [6, 6.07) is 15.2. The van der Waals surface area contributed by atoms with Crippen LogP contribution in [0.5, 0.6) is 0 Å². The Morgan fingerprint density at radius 3 is 1.62 bits per heavy atom. The van der Waals surface area contributed by atoms with Crippen LogP contribution in [-0.2, 0) is 0 Å². The van der Waals surface area contributed by atoms with Crippen LogP contribution in [-0.4, -0.2) is 14.9 Å². The summed E-state index contributed by atoms with van der Waals surface area (Å²) in [7, 11) is 0. The fourth-order valence-corrected chi connectivity index (χ4v) is 2.42. The second-order valence-electron chi connectivity index (χ2n) is 5.92. The average molecular weight is 390 g/mol. The Hall–Kier alpha value is -4.40. The maximum atomic E-state index is 12.1. The van der Waals surface area contributed by atoms with Gasteiger partial charge < -0.3 is 5.21 Å². The van der Waals surface area contributed by atoms with E-state index >= 15 is 0 Å². The van der Waals surface area contributed by atoms with Crippen LogP contribution in [0.2, 0.25) is 0 Å². The lowest BCUT2D eigenvalue weighted by molar-refractivity contribution is -0.671. The molecular formula is C20H14N4O5. The van der Waals surface area contributed by atoms with Crippen molar-refractivity contribution in [2.75, 3.05) is 0 Å². The van der Waals surface area contributed by atoms with Crippen molar-refractivity contribution in [1.82, 2.24) is 5.10 Å². The quantitative estimate of drug-likeness (QED) is 0.272. The first kappa shape index (κ1) is 19.4. The predicted molar refractivity (Wildman–Crippen MR) is 107 cm³/mol. The molecule has 0 spiro atoms. The zero-order valence-electron chi connectivity index (χ0n) is 14.9. The smallest absolute Gasteiger partial charge is 0.269 e. The van der Waals surface area contributed by atoms with Crippen LogP contribution < -0.4 is 4.85 Å².